The fourth-order valence-electron chi connectivity index (χ4n) is 1.54. The Morgan fingerprint density at radius 3 is 3.00 bits per heavy atom. The molecule has 1 unspecified atom stereocenters. The molecule has 0 saturated heterocycles. The molecule has 1 aromatic heterocycles. The van der Waals surface area contributed by atoms with Crippen LogP contribution in [0, 0.1) is 0 Å². The SMILES string of the molecule is COC(=O)NCc1nc(C(C)Oc2ccc(Br)cc2Cl)no1. The maximum absolute atomic E-state index is 11.0. The lowest BCUT2D eigenvalue weighted by Gasteiger charge is -2.12. The van der Waals surface area contributed by atoms with Crippen molar-refractivity contribution >= 4 is 33.6 Å². The van der Waals surface area contributed by atoms with E-state index in [9.17, 15) is 4.79 Å². The van der Waals surface area contributed by atoms with E-state index in [1.807, 2.05) is 6.07 Å². The fourth-order valence-corrected chi connectivity index (χ4v) is 2.26. The minimum atomic E-state index is -0.578. The second-order valence-corrected chi connectivity index (χ2v) is 5.55. The van der Waals surface area contributed by atoms with E-state index >= 15 is 0 Å². The van der Waals surface area contributed by atoms with E-state index < -0.39 is 12.2 Å². The molecule has 0 fully saturated rings. The standard InChI is InChI=1S/C13H13BrClN3O4/c1-7(21-10-4-3-8(14)5-9(10)15)12-17-11(22-18-12)6-16-13(19)20-2/h3-5,7H,6H2,1-2H3,(H,16,19). The van der Waals surface area contributed by atoms with Gasteiger partial charge in [0, 0.05) is 4.47 Å². The molecule has 0 aliphatic rings. The quantitative estimate of drug-likeness (QED) is 0.841. The minimum Gasteiger partial charge on any atom is -0.481 e. The lowest BCUT2D eigenvalue weighted by atomic mass is 10.3. The topological polar surface area (TPSA) is 86.5 Å². The zero-order chi connectivity index (χ0) is 16.1. The van der Waals surface area contributed by atoms with Crippen molar-refractivity contribution in [3.05, 3.63) is 39.4 Å². The largest absolute Gasteiger partial charge is 0.481 e. The van der Waals surface area contributed by atoms with Crippen LogP contribution in [0.1, 0.15) is 24.7 Å². The van der Waals surface area contributed by atoms with Gasteiger partial charge in [-0.1, -0.05) is 32.7 Å². The van der Waals surface area contributed by atoms with Gasteiger partial charge in [0.25, 0.3) is 0 Å². The third kappa shape index (κ3) is 4.35. The van der Waals surface area contributed by atoms with Crippen LogP contribution < -0.4 is 10.1 Å². The van der Waals surface area contributed by atoms with Crippen LogP contribution >= 0.6 is 27.5 Å². The van der Waals surface area contributed by atoms with Gasteiger partial charge >= 0.3 is 6.09 Å². The van der Waals surface area contributed by atoms with E-state index in [1.165, 1.54) is 7.11 Å². The van der Waals surface area contributed by atoms with Crippen LogP contribution in [0.25, 0.3) is 0 Å². The molecule has 2 rings (SSSR count). The summed E-state index contributed by atoms with van der Waals surface area (Å²) in [6.07, 6.45) is -1.04. The lowest BCUT2D eigenvalue weighted by Crippen LogP contribution is -2.22. The third-order valence-corrected chi connectivity index (χ3v) is 3.40. The number of nitrogens with one attached hydrogen (secondary N) is 1. The van der Waals surface area contributed by atoms with Crippen LogP contribution in [0.4, 0.5) is 4.79 Å². The van der Waals surface area contributed by atoms with Gasteiger partial charge in [0.1, 0.15) is 12.3 Å². The molecule has 0 aliphatic carbocycles. The molecular weight excluding hydrogens is 378 g/mol. The van der Waals surface area contributed by atoms with Gasteiger partial charge in [-0.05, 0) is 25.1 Å². The van der Waals surface area contributed by atoms with Gasteiger partial charge < -0.3 is 19.3 Å². The van der Waals surface area contributed by atoms with Crippen molar-refractivity contribution in [3.63, 3.8) is 0 Å². The van der Waals surface area contributed by atoms with Crippen LogP contribution in [0.15, 0.2) is 27.2 Å². The zero-order valence-corrected chi connectivity index (χ0v) is 14.1. The maximum Gasteiger partial charge on any atom is 0.407 e. The molecule has 1 aromatic carbocycles. The van der Waals surface area contributed by atoms with Gasteiger partial charge in [-0.3, -0.25) is 0 Å². The van der Waals surface area contributed by atoms with Crippen LogP contribution in [0.2, 0.25) is 5.02 Å². The number of amides is 1. The van der Waals surface area contributed by atoms with Gasteiger partial charge in [-0.15, -0.1) is 0 Å². The number of rotatable bonds is 5. The Morgan fingerprint density at radius 1 is 1.55 bits per heavy atom. The highest BCUT2D eigenvalue weighted by molar-refractivity contribution is 9.10. The first-order valence-corrected chi connectivity index (χ1v) is 7.42. The van der Waals surface area contributed by atoms with Crippen molar-refractivity contribution in [1.82, 2.24) is 15.5 Å². The number of carbonyl (C=O) groups excluding carboxylic acids is 1. The monoisotopic (exact) mass is 389 g/mol. The average Bonchev–Trinajstić information content (AvgIpc) is 2.96. The first-order valence-electron chi connectivity index (χ1n) is 6.25. The normalized spacial score (nSPS) is 11.8. The molecule has 0 aliphatic heterocycles. The van der Waals surface area contributed by atoms with Crippen molar-refractivity contribution in [3.8, 4) is 5.75 Å². The van der Waals surface area contributed by atoms with Crippen molar-refractivity contribution in [2.45, 2.75) is 19.6 Å². The number of methoxy groups -OCH3 is 1. The number of benzene rings is 1. The summed E-state index contributed by atoms with van der Waals surface area (Å²) in [6.45, 7) is 1.84. The lowest BCUT2D eigenvalue weighted by molar-refractivity contribution is 0.169. The molecule has 1 heterocycles. The second-order valence-electron chi connectivity index (χ2n) is 4.23. The van der Waals surface area contributed by atoms with Gasteiger partial charge in [-0.25, -0.2) is 4.79 Å². The summed E-state index contributed by atoms with van der Waals surface area (Å²) in [5, 5.41) is 6.72. The zero-order valence-electron chi connectivity index (χ0n) is 11.8. The first kappa shape index (κ1) is 16.6. The van der Waals surface area contributed by atoms with E-state index in [4.69, 9.17) is 20.9 Å². The summed E-state index contributed by atoms with van der Waals surface area (Å²) in [5.41, 5.74) is 0. The fraction of sp³-hybridized carbons (Fsp3) is 0.308. The number of aromatic nitrogens is 2. The van der Waals surface area contributed by atoms with Crippen molar-refractivity contribution in [2.24, 2.45) is 0 Å². The van der Waals surface area contributed by atoms with E-state index in [0.29, 0.717) is 16.6 Å². The molecule has 0 radical (unpaired) electrons. The molecule has 1 amide bonds. The third-order valence-electron chi connectivity index (χ3n) is 2.61. The van der Waals surface area contributed by atoms with Crippen molar-refractivity contribution < 1.29 is 18.8 Å². The van der Waals surface area contributed by atoms with E-state index in [1.54, 1.807) is 19.1 Å². The Balaban J connectivity index is 1.99. The number of hydrogen-bond acceptors (Lipinski definition) is 6. The van der Waals surface area contributed by atoms with E-state index in [0.717, 1.165) is 4.47 Å². The Hall–Kier alpha value is -1.80. The number of halogens is 2. The molecule has 22 heavy (non-hydrogen) atoms. The molecule has 2 aromatic rings. The summed E-state index contributed by atoms with van der Waals surface area (Å²) in [4.78, 5) is 15.1. The van der Waals surface area contributed by atoms with Crippen molar-refractivity contribution in [2.75, 3.05) is 7.11 Å². The highest BCUT2D eigenvalue weighted by Gasteiger charge is 2.17. The molecule has 0 bridgehead atoms. The highest BCUT2D eigenvalue weighted by atomic mass is 79.9. The molecule has 0 spiro atoms. The molecule has 1 N–H and O–H groups in total. The Morgan fingerprint density at radius 2 is 2.32 bits per heavy atom. The highest BCUT2D eigenvalue weighted by Crippen LogP contribution is 2.30. The van der Waals surface area contributed by atoms with Crippen LogP contribution in [0.3, 0.4) is 0 Å². The Kier molecular flexibility index (Phi) is 5.62. The summed E-state index contributed by atoms with van der Waals surface area (Å²) >= 11 is 9.41. The van der Waals surface area contributed by atoms with E-state index in [-0.39, 0.29) is 12.4 Å². The van der Waals surface area contributed by atoms with E-state index in [2.05, 4.69) is 36.1 Å². The van der Waals surface area contributed by atoms with Crippen molar-refractivity contribution in [1.29, 1.82) is 0 Å². The number of hydrogen-bond donors (Lipinski definition) is 1. The van der Waals surface area contributed by atoms with Gasteiger partial charge in [0.2, 0.25) is 11.7 Å². The van der Waals surface area contributed by atoms with Gasteiger partial charge in [0.15, 0.2) is 6.10 Å². The number of carbonyl (C=O) groups is 1. The second kappa shape index (κ2) is 7.46. The molecule has 1 atom stereocenters. The molecule has 118 valence electrons. The van der Waals surface area contributed by atoms with Gasteiger partial charge in [-0.2, -0.15) is 4.98 Å². The predicted molar refractivity (Wildman–Crippen MR) is 81.7 cm³/mol. The molecule has 7 nitrogen and oxygen atoms in total. The smallest absolute Gasteiger partial charge is 0.407 e. The summed E-state index contributed by atoms with van der Waals surface area (Å²) in [7, 11) is 1.27. The van der Waals surface area contributed by atoms with Crippen LogP contribution in [0.5, 0.6) is 5.75 Å². The average molecular weight is 391 g/mol. The summed E-state index contributed by atoms with van der Waals surface area (Å²) < 4.78 is 16.0. The molecule has 9 heteroatoms. The Bertz CT molecular complexity index is 664. The maximum atomic E-state index is 11.0. The summed E-state index contributed by atoms with van der Waals surface area (Å²) in [6, 6.07) is 5.28. The molecule has 0 saturated carbocycles. The number of alkyl carbamates (subject to hydrolysis) is 1. The number of ether oxygens (including phenoxy) is 2. The van der Waals surface area contributed by atoms with Gasteiger partial charge in [0.05, 0.1) is 12.1 Å². The van der Waals surface area contributed by atoms with Crippen LogP contribution in [-0.4, -0.2) is 23.3 Å². The minimum absolute atomic E-state index is 0.0748. The Labute approximate surface area is 140 Å². The van der Waals surface area contributed by atoms with Crippen LogP contribution in [-0.2, 0) is 11.3 Å². The first-order chi connectivity index (χ1) is 10.5. The predicted octanol–water partition coefficient (Wildman–Crippen LogP) is 3.48. The number of nitrogens with zero attached hydrogens (tertiary/aromatic N) is 2. The molecular formula is C13H13BrClN3O4. The summed E-state index contributed by atoms with van der Waals surface area (Å²) in [5.74, 6) is 1.11.